The maximum absolute atomic E-state index is 12.6. The Morgan fingerprint density at radius 2 is 1.86 bits per heavy atom. The lowest BCUT2D eigenvalue weighted by Crippen LogP contribution is -2.51. The fourth-order valence-electron chi connectivity index (χ4n) is 2.89. The smallest absolute Gasteiger partial charge is 0.412 e. The zero-order valence-corrected chi connectivity index (χ0v) is 14.3. The Kier molecular flexibility index (Phi) is 4.44. The van der Waals surface area contributed by atoms with E-state index in [4.69, 9.17) is 14.2 Å². The Morgan fingerprint density at radius 1 is 1.27 bits per heavy atom. The molecule has 6 nitrogen and oxygen atoms in total. The van der Waals surface area contributed by atoms with Crippen LogP contribution in [0.25, 0.3) is 0 Å². The van der Waals surface area contributed by atoms with Crippen LogP contribution in [0.5, 0.6) is 0 Å². The van der Waals surface area contributed by atoms with Gasteiger partial charge in [-0.3, -0.25) is 4.90 Å². The Balaban J connectivity index is 2.25. The van der Waals surface area contributed by atoms with Gasteiger partial charge in [0.2, 0.25) is 0 Å². The number of hydrogen-bond donors (Lipinski definition) is 0. The van der Waals surface area contributed by atoms with Gasteiger partial charge in [0.15, 0.2) is 6.10 Å². The van der Waals surface area contributed by atoms with Crippen LogP contribution in [0.4, 0.5) is 4.79 Å². The molecule has 2 rings (SSSR count). The van der Waals surface area contributed by atoms with Crippen molar-refractivity contribution in [3.8, 4) is 0 Å². The second-order valence-electron chi connectivity index (χ2n) is 7.42. The Bertz CT molecular complexity index is 450. The largest absolute Gasteiger partial charge is 0.464 e. The molecule has 1 saturated heterocycles. The van der Waals surface area contributed by atoms with Gasteiger partial charge >= 0.3 is 12.1 Å². The third kappa shape index (κ3) is 3.54. The van der Waals surface area contributed by atoms with E-state index in [0.29, 0.717) is 6.61 Å². The fraction of sp³-hybridized carbons (Fsp3) is 0.875. The summed E-state index contributed by atoms with van der Waals surface area (Å²) in [6.07, 6.45) is 0.787. The summed E-state index contributed by atoms with van der Waals surface area (Å²) in [5, 5.41) is 0. The second kappa shape index (κ2) is 5.72. The van der Waals surface area contributed by atoms with Gasteiger partial charge in [-0.25, -0.2) is 9.59 Å². The number of carbonyl (C=O) groups is 2. The summed E-state index contributed by atoms with van der Waals surface area (Å²) in [7, 11) is 0. The van der Waals surface area contributed by atoms with E-state index < -0.39 is 29.5 Å². The van der Waals surface area contributed by atoms with E-state index in [2.05, 4.69) is 0 Å². The van der Waals surface area contributed by atoms with Gasteiger partial charge in [-0.1, -0.05) is 0 Å². The van der Waals surface area contributed by atoms with E-state index in [-0.39, 0.29) is 12.0 Å². The highest BCUT2D eigenvalue weighted by Crippen LogP contribution is 2.46. The highest BCUT2D eigenvalue weighted by Gasteiger charge is 2.58. The number of ether oxygens (including phenoxy) is 3. The number of carbonyl (C=O) groups excluding carboxylic acids is 2. The molecule has 2 atom stereocenters. The van der Waals surface area contributed by atoms with Crippen LogP contribution in [0.3, 0.4) is 0 Å². The Morgan fingerprint density at radius 3 is 2.32 bits per heavy atom. The molecule has 0 aromatic rings. The third-order valence-electron chi connectivity index (χ3n) is 3.82. The van der Waals surface area contributed by atoms with Crippen molar-refractivity contribution in [3.63, 3.8) is 0 Å². The molecule has 0 radical (unpaired) electrons. The average Bonchev–Trinajstić information content (AvgIpc) is 3.11. The first-order valence-corrected chi connectivity index (χ1v) is 7.93. The molecule has 0 bridgehead atoms. The minimum absolute atomic E-state index is 0.267. The Hall–Kier alpha value is -1.30. The molecule has 1 amide bonds. The SMILES string of the molecule is CCOC(=O)[C@H]1OC(C)(C)N(C(=O)OC(C)(C)C)[C@H]1C1CC1. The highest BCUT2D eigenvalue weighted by molar-refractivity contribution is 5.79. The summed E-state index contributed by atoms with van der Waals surface area (Å²) in [5.41, 5.74) is -1.49. The van der Waals surface area contributed by atoms with Crippen LogP contribution in [0.1, 0.15) is 54.4 Å². The number of rotatable bonds is 3. The minimum atomic E-state index is -0.896. The van der Waals surface area contributed by atoms with Crippen molar-refractivity contribution in [2.24, 2.45) is 5.92 Å². The lowest BCUT2D eigenvalue weighted by molar-refractivity contribution is -0.161. The first-order valence-electron chi connectivity index (χ1n) is 7.93. The van der Waals surface area contributed by atoms with Crippen LogP contribution in [-0.2, 0) is 19.0 Å². The number of esters is 1. The fourth-order valence-corrected chi connectivity index (χ4v) is 2.89. The Labute approximate surface area is 132 Å². The molecule has 2 fully saturated rings. The molecule has 1 aliphatic carbocycles. The molecule has 1 saturated carbocycles. The van der Waals surface area contributed by atoms with Crippen LogP contribution in [0.2, 0.25) is 0 Å². The minimum Gasteiger partial charge on any atom is -0.464 e. The predicted octanol–water partition coefficient (Wildman–Crippen LogP) is 2.70. The van der Waals surface area contributed by atoms with Crippen molar-refractivity contribution >= 4 is 12.1 Å². The summed E-state index contributed by atoms with van der Waals surface area (Å²) in [5.74, 6) is -0.137. The molecular weight excluding hydrogens is 286 g/mol. The molecule has 6 heteroatoms. The molecule has 2 aliphatic rings. The summed E-state index contributed by atoms with van der Waals surface area (Å²) >= 11 is 0. The van der Waals surface area contributed by atoms with Gasteiger partial charge < -0.3 is 14.2 Å². The normalized spacial score (nSPS) is 27.6. The van der Waals surface area contributed by atoms with E-state index in [9.17, 15) is 9.59 Å². The number of nitrogens with zero attached hydrogens (tertiary/aromatic N) is 1. The topological polar surface area (TPSA) is 65.1 Å². The third-order valence-corrected chi connectivity index (χ3v) is 3.82. The van der Waals surface area contributed by atoms with Gasteiger partial charge in [-0.05, 0) is 60.3 Å². The quantitative estimate of drug-likeness (QED) is 0.750. The van der Waals surface area contributed by atoms with Crippen LogP contribution >= 0.6 is 0 Å². The zero-order valence-electron chi connectivity index (χ0n) is 14.3. The highest BCUT2D eigenvalue weighted by atomic mass is 16.6. The molecule has 1 heterocycles. The van der Waals surface area contributed by atoms with Crippen molar-refractivity contribution in [2.75, 3.05) is 6.61 Å². The summed E-state index contributed by atoms with van der Waals surface area (Å²) in [4.78, 5) is 26.4. The average molecular weight is 313 g/mol. The first-order chi connectivity index (χ1) is 10.1. The van der Waals surface area contributed by atoms with E-state index in [1.807, 2.05) is 20.8 Å². The van der Waals surface area contributed by atoms with Crippen LogP contribution in [-0.4, -0.2) is 47.0 Å². The summed E-state index contributed by atoms with van der Waals surface area (Å²) < 4.78 is 16.5. The molecule has 0 unspecified atom stereocenters. The van der Waals surface area contributed by atoms with E-state index in [0.717, 1.165) is 12.8 Å². The van der Waals surface area contributed by atoms with Crippen molar-refractivity contribution in [1.82, 2.24) is 4.90 Å². The standard InChI is InChI=1S/C16H27NO5/c1-7-20-13(18)12-11(10-8-9-10)17(16(5,6)21-12)14(19)22-15(2,3)4/h10-12H,7-9H2,1-6H3/t11-,12-/m0/s1. The van der Waals surface area contributed by atoms with Gasteiger partial charge in [0.1, 0.15) is 11.3 Å². The molecule has 0 aromatic heterocycles. The molecule has 22 heavy (non-hydrogen) atoms. The maximum Gasteiger partial charge on any atom is 0.412 e. The number of hydrogen-bond acceptors (Lipinski definition) is 5. The molecule has 0 spiro atoms. The van der Waals surface area contributed by atoms with Crippen LogP contribution < -0.4 is 0 Å². The van der Waals surface area contributed by atoms with Crippen molar-refractivity contribution in [3.05, 3.63) is 0 Å². The lowest BCUT2D eigenvalue weighted by Gasteiger charge is -2.35. The molecule has 1 aliphatic heterocycles. The summed E-state index contributed by atoms with van der Waals surface area (Å²) in [6, 6.07) is -0.316. The summed E-state index contributed by atoms with van der Waals surface area (Å²) in [6.45, 7) is 11.1. The van der Waals surface area contributed by atoms with Gasteiger partial charge in [-0.2, -0.15) is 0 Å². The van der Waals surface area contributed by atoms with Gasteiger partial charge in [-0.15, -0.1) is 0 Å². The first kappa shape index (κ1) is 17.1. The van der Waals surface area contributed by atoms with E-state index in [1.165, 1.54) is 0 Å². The molecular formula is C16H27NO5. The molecule has 0 N–H and O–H groups in total. The van der Waals surface area contributed by atoms with Crippen LogP contribution in [0.15, 0.2) is 0 Å². The number of amides is 1. The van der Waals surface area contributed by atoms with E-state index in [1.54, 1.807) is 25.7 Å². The second-order valence-corrected chi connectivity index (χ2v) is 7.42. The zero-order chi connectivity index (χ0) is 16.7. The van der Waals surface area contributed by atoms with Crippen LogP contribution in [0, 0.1) is 5.92 Å². The van der Waals surface area contributed by atoms with Gasteiger partial charge in [0.25, 0.3) is 0 Å². The van der Waals surface area contributed by atoms with Crippen molar-refractivity contribution < 1.29 is 23.8 Å². The maximum atomic E-state index is 12.6. The monoisotopic (exact) mass is 313 g/mol. The van der Waals surface area contributed by atoms with Gasteiger partial charge in [0.05, 0.1) is 12.6 Å². The van der Waals surface area contributed by atoms with Crippen molar-refractivity contribution in [1.29, 1.82) is 0 Å². The van der Waals surface area contributed by atoms with E-state index >= 15 is 0 Å². The predicted molar refractivity (Wildman–Crippen MR) is 80.2 cm³/mol. The lowest BCUT2D eigenvalue weighted by atomic mass is 10.0. The molecule has 0 aromatic carbocycles. The van der Waals surface area contributed by atoms with Gasteiger partial charge in [0, 0.05) is 0 Å². The van der Waals surface area contributed by atoms with Crippen molar-refractivity contribution in [2.45, 2.75) is 77.9 Å². The molecule has 126 valence electrons.